The molecule has 2 N–H and O–H groups in total. The summed E-state index contributed by atoms with van der Waals surface area (Å²) in [5.41, 5.74) is 2.48. The number of hydrogen-bond donors (Lipinski definition) is 1. The lowest BCUT2D eigenvalue weighted by Crippen LogP contribution is -2.20. The van der Waals surface area contributed by atoms with E-state index in [0.29, 0.717) is 0 Å². The van der Waals surface area contributed by atoms with E-state index in [2.05, 4.69) is 4.74 Å². The van der Waals surface area contributed by atoms with E-state index < -0.39 is 29.0 Å². The molecule has 0 spiro atoms. The first-order valence-electron chi connectivity index (χ1n) is 4.31. The number of halogens is 3. The molecular weight excluding hydrogens is 237 g/mol. The maximum absolute atomic E-state index is 12.8. The zero-order valence-corrected chi connectivity index (χ0v) is 8.63. The van der Waals surface area contributed by atoms with E-state index >= 15 is 0 Å². The van der Waals surface area contributed by atoms with Crippen LogP contribution in [0.3, 0.4) is 0 Å². The summed E-state index contributed by atoms with van der Waals surface area (Å²) in [6, 6.07) is 3.45. The number of benzene rings is 1. The van der Waals surface area contributed by atoms with Gasteiger partial charge in [-0.2, -0.15) is 18.4 Å². The van der Waals surface area contributed by atoms with Crippen molar-refractivity contribution in [2.75, 3.05) is 7.11 Å². The van der Waals surface area contributed by atoms with Crippen LogP contribution in [0.15, 0.2) is 12.1 Å². The molecule has 0 aliphatic rings. The molecule has 0 aliphatic heterocycles. The number of methoxy groups -OCH3 is 1. The zero-order chi connectivity index (χ0) is 13.2. The zero-order valence-electron chi connectivity index (χ0n) is 8.63. The van der Waals surface area contributed by atoms with Crippen LogP contribution in [0.25, 0.3) is 0 Å². The minimum Gasteiger partial charge on any atom is -0.495 e. The molecule has 0 saturated carbocycles. The van der Waals surface area contributed by atoms with Gasteiger partial charge in [0, 0.05) is 0 Å². The molecule has 0 unspecified atom stereocenters. The summed E-state index contributed by atoms with van der Waals surface area (Å²) in [6.07, 6.45) is -4.83. The molecule has 17 heavy (non-hydrogen) atoms. The van der Waals surface area contributed by atoms with E-state index in [-0.39, 0.29) is 5.56 Å². The van der Waals surface area contributed by atoms with E-state index in [1.807, 2.05) is 0 Å². The van der Waals surface area contributed by atoms with Crippen LogP contribution in [-0.4, -0.2) is 13.0 Å². The minimum atomic E-state index is -4.83. The number of nitrogens with two attached hydrogens (primary N) is 1. The van der Waals surface area contributed by atoms with Crippen LogP contribution in [0, 0.1) is 11.3 Å². The van der Waals surface area contributed by atoms with Crippen molar-refractivity contribution in [3.8, 4) is 11.8 Å². The lowest BCUT2D eigenvalue weighted by molar-refractivity contribution is -0.139. The van der Waals surface area contributed by atoms with Gasteiger partial charge in [0.05, 0.1) is 18.2 Å². The Morgan fingerprint density at radius 1 is 1.47 bits per heavy atom. The van der Waals surface area contributed by atoms with Crippen LogP contribution in [0.4, 0.5) is 13.2 Å². The molecule has 1 rings (SSSR count). The van der Waals surface area contributed by atoms with Gasteiger partial charge in [-0.1, -0.05) is 0 Å². The topological polar surface area (TPSA) is 76.1 Å². The highest BCUT2D eigenvalue weighted by Crippen LogP contribution is 2.40. The average molecular weight is 244 g/mol. The average Bonchev–Trinajstić information content (AvgIpc) is 2.25. The SMILES string of the molecule is COc1c(C#N)ccc(C(N)=O)c1C(F)(F)F. The molecule has 1 amide bonds. The molecule has 0 saturated heterocycles. The molecule has 0 bridgehead atoms. The van der Waals surface area contributed by atoms with Crippen LogP contribution in [0.5, 0.6) is 5.75 Å². The number of primary amides is 1. The molecule has 0 fully saturated rings. The fourth-order valence-electron chi connectivity index (χ4n) is 1.37. The first kappa shape index (κ1) is 12.8. The van der Waals surface area contributed by atoms with Gasteiger partial charge < -0.3 is 10.5 Å². The maximum atomic E-state index is 12.8. The van der Waals surface area contributed by atoms with Crippen molar-refractivity contribution in [3.63, 3.8) is 0 Å². The first-order valence-corrected chi connectivity index (χ1v) is 4.31. The normalized spacial score (nSPS) is 10.8. The summed E-state index contributed by atoms with van der Waals surface area (Å²) in [4.78, 5) is 10.9. The monoisotopic (exact) mass is 244 g/mol. The van der Waals surface area contributed by atoms with Crippen molar-refractivity contribution in [3.05, 3.63) is 28.8 Å². The Hall–Kier alpha value is -2.23. The fraction of sp³-hybridized carbons (Fsp3) is 0.200. The summed E-state index contributed by atoms with van der Waals surface area (Å²) in [5.74, 6) is -1.93. The molecule has 7 heteroatoms. The quantitative estimate of drug-likeness (QED) is 0.859. The number of amides is 1. The van der Waals surface area contributed by atoms with Gasteiger partial charge in [0.15, 0.2) is 0 Å². The van der Waals surface area contributed by atoms with Gasteiger partial charge in [-0.15, -0.1) is 0 Å². The van der Waals surface area contributed by atoms with Crippen LogP contribution in [0.1, 0.15) is 21.5 Å². The molecule has 1 aromatic carbocycles. The Morgan fingerprint density at radius 3 is 2.41 bits per heavy atom. The standard InChI is InChI=1S/C10H7F3N2O2/c1-17-8-5(4-14)2-3-6(9(15)16)7(8)10(11,12)13/h2-3H,1H3,(H2,15,16). The minimum absolute atomic E-state index is 0.315. The predicted molar refractivity (Wildman–Crippen MR) is 51.2 cm³/mol. The fourth-order valence-corrected chi connectivity index (χ4v) is 1.37. The molecular formula is C10H7F3N2O2. The van der Waals surface area contributed by atoms with Gasteiger partial charge in [-0.05, 0) is 12.1 Å². The molecule has 0 heterocycles. The van der Waals surface area contributed by atoms with Gasteiger partial charge in [-0.25, -0.2) is 0 Å². The molecule has 0 atom stereocenters. The predicted octanol–water partition coefficient (Wildman–Crippen LogP) is 1.68. The van der Waals surface area contributed by atoms with Crippen molar-refractivity contribution in [2.45, 2.75) is 6.18 Å². The van der Waals surface area contributed by atoms with E-state index in [1.165, 1.54) is 0 Å². The van der Waals surface area contributed by atoms with E-state index in [9.17, 15) is 18.0 Å². The lowest BCUT2D eigenvalue weighted by atomic mass is 10.0. The molecule has 4 nitrogen and oxygen atoms in total. The lowest BCUT2D eigenvalue weighted by Gasteiger charge is -2.15. The number of carbonyl (C=O) groups excluding carboxylic acids is 1. The number of alkyl halides is 3. The number of nitrogens with zero attached hydrogens (tertiary/aromatic N) is 1. The molecule has 90 valence electrons. The van der Waals surface area contributed by atoms with E-state index in [1.54, 1.807) is 6.07 Å². The van der Waals surface area contributed by atoms with Crippen molar-refractivity contribution in [2.24, 2.45) is 5.73 Å². The summed E-state index contributed by atoms with van der Waals surface area (Å²) < 4.78 is 42.9. The van der Waals surface area contributed by atoms with Crippen molar-refractivity contribution in [1.29, 1.82) is 5.26 Å². The van der Waals surface area contributed by atoms with Crippen LogP contribution in [-0.2, 0) is 6.18 Å². The number of hydrogen-bond acceptors (Lipinski definition) is 3. The highest BCUT2D eigenvalue weighted by atomic mass is 19.4. The molecule has 1 aromatic rings. The molecule has 0 radical (unpaired) electrons. The van der Waals surface area contributed by atoms with Crippen LogP contribution < -0.4 is 10.5 Å². The van der Waals surface area contributed by atoms with Gasteiger partial charge in [0.25, 0.3) is 0 Å². The van der Waals surface area contributed by atoms with E-state index in [0.717, 1.165) is 19.2 Å². The number of nitriles is 1. The van der Waals surface area contributed by atoms with Gasteiger partial charge in [-0.3, -0.25) is 4.79 Å². The number of rotatable bonds is 2. The second-order valence-electron chi connectivity index (χ2n) is 3.04. The summed E-state index contributed by atoms with van der Waals surface area (Å²) >= 11 is 0. The third-order valence-electron chi connectivity index (χ3n) is 2.03. The van der Waals surface area contributed by atoms with Crippen LogP contribution in [0.2, 0.25) is 0 Å². The van der Waals surface area contributed by atoms with Crippen molar-refractivity contribution < 1.29 is 22.7 Å². The summed E-state index contributed by atoms with van der Waals surface area (Å²) in [6.45, 7) is 0. The van der Waals surface area contributed by atoms with Crippen LogP contribution >= 0.6 is 0 Å². The van der Waals surface area contributed by atoms with E-state index in [4.69, 9.17) is 11.0 Å². The Balaban J connectivity index is 3.70. The number of carbonyl (C=O) groups is 1. The van der Waals surface area contributed by atoms with Gasteiger partial charge in [0.2, 0.25) is 5.91 Å². The summed E-state index contributed by atoms with van der Waals surface area (Å²) in [5, 5.41) is 8.66. The second-order valence-corrected chi connectivity index (χ2v) is 3.04. The third kappa shape index (κ3) is 2.30. The molecule has 0 aliphatic carbocycles. The highest BCUT2D eigenvalue weighted by molar-refractivity contribution is 5.95. The van der Waals surface area contributed by atoms with Gasteiger partial charge >= 0.3 is 6.18 Å². The maximum Gasteiger partial charge on any atom is 0.420 e. The first-order chi connectivity index (χ1) is 7.82. The Labute approximate surface area is 94.4 Å². The number of ether oxygens (including phenoxy) is 1. The van der Waals surface area contributed by atoms with Gasteiger partial charge in [0.1, 0.15) is 17.4 Å². The highest BCUT2D eigenvalue weighted by Gasteiger charge is 2.39. The second kappa shape index (κ2) is 4.33. The largest absolute Gasteiger partial charge is 0.495 e. The smallest absolute Gasteiger partial charge is 0.420 e. The third-order valence-corrected chi connectivity index (χ3v) is 2.03. The Kier molecular flexibility index (Phi) is 3.27. The molecule has 0 aromatic heterocycles. The Bertz CT molecular complexity index is 503. The van der Waals surface area contributed by atoms with Crippen molar-refractivity contribution >= 4 is 5.91 Å². The van der Waals surface area contributed by atoms with Crippen molar-refractivity contribution in [1.82, 2.24) is 0 Å². The Morgan fingerprint density at radius 2 is 2.06 bits per heavy atom. The summed E-state index contributed by atoms with van der Waals surface area (Å²) in [7, 11) is 0.982.